The van der Waals surface area contributed by atoms with Gasteiger partial charge in [-0.1, -0.05) is 0 Å². The zero-order valence-corrected chi connectivity index (χ0v) is 22.2. The molecule has 2 aromatic heterocycles. The van der Waals surface area contributed by atoms with Crippen molar-refractivity contribution in [3.8, 4) is 22.6 Å². The number of hydrogen-bond acceptors (Lipinski definition) is 4. The molecule has 0 fully saturated rings. The monoisotopic (exact) mass is 545 g/mol. The van der Waals surface area contributed by atoms with Crippen LogP contribution >= 0.6 is 0 Å². The topological polar surface area (TPSA) is 82.3 Å². The molecule has 0 spiro atoms. The number of pyridine rings is 2. The highest BCUT2D eigenvalue weighted by Crippen LogP contribution is 2.39. The number of carbonyl (C=O) groups excluding carboxylic acids is 1. The Labute approximate surface area is 221 Å². The molecule has 1 N–H and O–H groups in total. The summed E-state index contributed by atoms with van der Waals surface area (Å²) < 4.78 is 62.6. The fraction of sp³-hybridized carbons (Fsp3) is 0.321. The van der Waals surface area contributed by atoms with Crippen LogP contribution < -0.4 is 21.2 Å². The second kappa shape index (κ2) is 9.55. The van der Waals surface area contributed by atoms with Gasteiger partial charge in [0, 0.05) is 55.2 Å². The van der Waals surface area contributed by atoms with Gasteiger partial charge in [-0.3, -0.25) is 14.4 Å². The number of nitrogens with one attached hydrogen (secondary N) is 1. The van der Waals surface area contributed by atoms with E-state index < -0.39 is 34.6 Å². The van der Waals surface area contributed by atoms with E-state index in [1.165, 1.54) is 53.8 Å². The van der Waals surface area contributed by atoms with Gasteiger partial charge in [0.1, 0.15) is 17.1 Å². The van der Waals surface area contributed by atoms with E-state index in [-0.39, 0.29) is 29.1 Å². The first kappa shape index (κ1) is 27.9. The number of aryl methyl sites for hydroxylation is 4. The van der Waals surface area contributed by atoms with Gasteiger partial charge in [-0.15, -0.1) is 0 Å². The molecule has 1 amide bonds. The molecule has 0 saturated heterocycles. The molecule has 0 bridgehead atoms. The van der Waals surface area contributed by atoms with Crippen LogP contribution in [-0.4, -0.2) is 26.8 Å². The van der Waals surface area contributed by atoms with Crippen molar-refractivity contribution in [2.75, 3.05) is 0 Å². The third kappa shape index (κ3) is 5.00. The summed E-state index contributed by atoms with van der Waals surface area (Å²) in [4.78, 5) is 39.0. The van der Waals surface area contributed by atoms with Crippen molar-refractivity contribution < 1.29 is 27.1 Å². The van der Waals surface area contributed by atoms with Gasteiger partial charge in [0.05, 0.1) is 0 Å². The van der Waals surface area contributed by atoms with Gasteiger partial charge >= 0.3 is 6.18 Å². The zero-order chi connectivity index (χ0) is 29.0. The second-order valence-electron chi connectivity index (χ2n) is 10.2. The van der Waals surface area contributed by atoms with Crippen molar-refractivity contribution in [1.82, 2.24) is 14.5 Å². The van der Waals surface area contributed by atoms with Crippen molar-refractivity contribution in [2.24, 2.45) is 14.1 Å². The number of amides is 1. The SMILES string of the molecule is Cc1cc(F)cc(C)c1Oc1c(-c2cn(C)c(=O)c3c2C=C(C(=O)NC(C)(C)C(F)(F)F)C3)ccn(C)c1=O. The van der Waals surface area contributed by atoms with E-state index in [1.807, 2.05) is 5.32 Å². The molecule has 11 heteroatoms. The number of hydrogen-bond donors (Lipinski definition) is 1. The predicted molar refractivity (Wildman–Crippen MR) is 138 cm³/mol. The summed E-state index contributed by atoms with van der Waals surface area (Å²) >= 11 is 0. The molecule has 4 rings (SSSR count). The number of halogens is 4. The number of benzene rings is 1. The van der Waals surface area contributed by atoms with E-state index in [0.29, 0.717) is 27.8 Å². The average molecular weight is 546 g/mol. The Morgan fingerprint density at radius 1 is 0.974 bits per heavy atom. The standard InChI is InChI=1S/C28H27F4N3O4/c1-14-9-17(29)10-15(2)22(14)39-23-18(7-8-34(5)26(23)38)21-13-35(6)25(37)20-12-16(11-19(20)21)24(36)33-27(3,4)28(30,31)32/h7-11,13H,12H2,1-6H3,(H,33,36). The van der Waals surface area contributed by atoms with Gasteiger partial charge in [0.25, 0.3) is 11.1 Å². The first-order valence-electron chi connectivity index (χ1n) is 12.0. The van der Waals surface area contributed by atoms with Crippen LogP contribution in [0.4, 0.5) is 17.6 Å². The number of fused-ring (bicyclic) bond motifs is 1. The molecule has 0 radical (unpaired) electrons. The molecule has 1 aliphatic carbocycles. The summed E-state index contributed by atoms with van der Waals surface area (Å²) in [5, 5.41) is 1.99. The number of carbonyl (C=O) groups is 1. The lowest BCUT2D eigenvalue weighted by Gasteiger charge is -2.29. The van der Waals surface area contributed by atoms with Gasteiger partial charge in [-0.2, -0.15) is 13.2 Å². The molecule has 0 atom stereocenters. The lowest BCUT2D eigenvalue weighted by atomic mass is 9.99. The Morgan fingerprint density at radius 3 is 2.18 bits per heavy atom. The Kier molecular flexibility index (Phi) is 6.82. The molecule has 7 nitrogen and oxygen atoms in total. The first-order valence-corrected chi connectivity index (χ1v) is 12.0. The molecule has 39 heavy (non-hydrogen) atoms. The van der Waals surface area contributed by atoms with Crippen molar-refractivity contribution in [1.29, 1.82) is 0 Å². The molecule has 2 heterocycles. The molecular weight excluding hydrogens is 518 g/mol. The molecule has 206 valence electrons. The van der Waals surface area contributed by atoms with Gasteiger partial charge < -0.3 is 19.2 Å². The van der Waals surface area contributed by atoms with Crippen LogP contribution in [-0.2, 0) is 25.3 Å². The van der Waals surface area contributed by atoms with Crippen molar-refractivity contribution in [3.63, 3.8) is 0 Å². The fourth-order valence-electron chi connectivity index (χ4n) is 4.44. The molecular formula is C28H27F4N3O4. The molecule has 1 aromatic carbocycles. The van der Waals surface area contributed by atoms with E-state index in [2.05, 4.69) is 0 Å². The minimum absolute atomic E-state index is 0.0246. The number of ether oxygens (including phenoxy) is 1. The van der Waals surface area contributed by atoms with Crippen molar-refractivity contribution >= 4 is 12.0 Å². The van der Waals surface area contributed by atoms with Crippen LogP contribution in [0.2, 0.25) is 0 Å². The van der Waals surface area contributed by atoms with Crippen molar-refractivity contribution in [2.45, 2.75) is 45.8 Å². The minimum atomic E-state index is -4.69. The van der Waals surface area contributed by atoms with Crippen LogP contribution in [0.3, 0.4) is 0 Å². The number of aromatic nitrogens is 2. The van der Waals surface area contributed by atoms with Gasteiger partial charge in [0.2, 0.25) is 5.91 Å². The third-order valence-corrected chi connectivity index (χ3v) is 6.77. The second-order valence-corrected chi connectivity index (χ2v) is 10.2. The lowest BCUT2D eigenvalue weighted by molar-refractivity contribution is -0.187. The highest BCUT2D eigenvalue weighted by molar-refractivity contribution is 6.02. The number of nitrogens with zero attached hydrogens (tertiary/aromatic N) is 2. The van der Waals surface area contributed by atoms with Crippen LogP contribution in [0.1, 0.15) is 36.1 Å². The Balaban J connectivity index is 1.87. The molecule has 0 saturated carbocycles. The van der Waals surface area contributed by atoms with Crippen molar-refractivity contribution in [3.05, 3.63) is 84.9 Å². The normalized spacial score (nSPS) is 13.2. The molecule has 1 aliphatic rings. The van der Waals surface area contributed by atoms with Crippen LogP contribution in [0, 0.1) is 19.7 Å². The van der Waals surface area contributed by atoms with Gasteiger partial charge in [-0.25, -0.2) is 4.39 Å². The van der Waals surface area contributed by atoms with E-state index in [9.17, 15) is 31.9 Å². The summed E-state index contributed by atoms with van der Waals surface area (Å²) in [6.45, 7) is 4.97. The van der Waals surface area contributed by atoms with Crippen LogP contribution in [0.15, 0.2) is 45.8 Å². The molecule has 0 aliphatic heterocycles. The summed E-state index contributed by atoms with van der Waals surface area (Å²) in [6, 6.07) is 4.15. The Bertz CT molecular complexity index is 1640. The zero-order valence-electron chi connectivity index (χ0n) is 22.2. The Hall–Kier alpha value is -4.15. The van der Waals surface area contributed by atoms with E-state index in [1.54, 1.807) is 19.9 Å². The van der Waals surface area contributed by atoms with E-state index in [4.69, 9.17) is 4.74 Å². The van der Waals surface area contributed by atoms with Gasteiger partial charge in [0.15, 0.2) is 5.75 Å². The number of rotatable bonds is 5. The minimum Gasteiger partial charge on any atom is -0.450 e. The lowest BCUT2D eigenvalue weighted by Crippen LogP contribution is -2.54. The number of alkyl halides is 3. The van der Waals surface area contributed by atoms with Gasteiger partial charge in [-0.05, 0) is 68.7 Å². The Morgan fingerprint density at radius 2 is 1.59 bits per heavy atom. The third-order valence-electron chi connectivity index (χ3n) is 6.77. The maximum Gasteiger partial charge on any atom is 0.410 e. The first-order chi connectivity index (χ1) is 18.0. The van der Waals surface area contributed by atoms with E-state index >= 15 is 0 Å². The summed E-state index contributed by atoms with van der Waals surface area (Å²) in [5.41, 5.74) is -1.37. The summed E-state index contributed by atoms with van der Waals surface area (Å²) in [5.74, 6) is -1.23. The average Bonchev–Trinajstić information content (AvgIpc) is 3.26. The van der Waals surface area contributed by atoms with E-state index in [0.717, 1.165) is 13.8 Å². The maximum absolute atomic E-state index is 13.9. The van der Waals surface area contributed by atoms with Crippen LogP contribution in [0.25, 0.3) is 17.2 Å². The smallest absolute Gasteiger partial charge is 0.410 e. The summed E-state index contributed by atoms with van der Waals surface area (Å²) in [7, 11) is 3.02. The highest BCUT2D eigenvalue weighted by atomic mass is 19.4. The molecule has 0 unspecified atom stereocenters. The quantitative estimate of drug-likeness (QED) is 0.472. The van der Waals surface area contributed by atoms with Crippen LogP contribution in [0.5, 0.6) is 11.5 Å². The molecule has 3 aromatic rings. The highest BCUT2D eigenvalue weighted by Gasteiger charge is 2.48. The maximum atomic E-state index is 13.9. The summed E-state index contributed by atoms with van der Waals surface area (Å²) in [6.07, 6.45) is -0.534. The predicted octanol–water partition coefficient (Wildman–Crippen LogP) is 4.70. The largest absolute Gasteiger partial charge is 0.450 e. The fourth-order valence-corrected chi connectivity index (χ4v) is 4.44.